The van der Waals surface area contributed by atoms with Crippen LogP contribution in [0.2, 0.25) is 0 Å². The minimum absolute atomic E-state index is 0.303. The van der Waals surface area contributed by atoms with E-state index in [-0.39, 0.29) is 0 Å². The van der Waals surface area contributed by atoms with Crippen molar-refractivity contribution in [2.24, 2.45) is 5.41 Å². The SMILES string of the molecule is CCn1nc(C)c(Br)c1CNCC1(CCO)CC1. The number of hydrogen-bond acceptors (Lipinski definition) is 3. The third-order valence-corrected chi connectivity index (χ3v) is 4.88. The van der Waals surface area contributed by atoms with Crippen molar-refractivity contribution in [3.8, 4) is 0 Å². The summed E-state index contributed by atoms with van der Waals surface area (Å²) in [6.45, 7) is 7.16. The fourth-order valence-corrected chi connectivity index (χ4v) is 2.84. The van der Waals surface area contributed by atoms with Crippen molar-refractivity contribution in [3.05, 3.63) is 15.9 Å². The molecule has 0 radical (unpaired) electrons. The Balaban J connectivity index is 1.90. The van der Waals surface area contributed by atoms with E-state index < -0.39 is 0 Å². The molecule has 1 fully saturated rings. The molecule has 1 aromatic rings. The minimum Gasteiger partial charge on any atom is -0.396 e. The van der Waals surface area contributed by atoms with Gasteiger partial charge in [-0.25, -0.2) is 0 Å². The number of rotatable bonds is 7. The van der Waals surface area contributed by atoms with Gasteiger partial charge in [0.1, 0.15) is 0 Å². The third-order valence-electron chi connectivity index (χ3n) is 3.84. The molecule has 0 aromatic carbocycles. The Labute approximate surface area is 117 Å². The van der Waals surface area contributed by atoms with E-state index in [1.165, 1.54) is 18.5 Å². The van der Waals surface area contributed by atoms with Crippen LogP contribution < -0.4 is 5.32 Å². The van der Waals surface area contributed by atoms with Gasteiger partial charge in [-0.15, -0.1) is 0 Å². The summed E-state index contributed by atoms with van der Waals surface area (Å²) >= 11 is 3.61. The topological polar surface area (TPSA) is 50.1 Å². The van der Waals surface area contributed by atoms with Gasteiger partial charge in [0.05, 0.1) is 15.9 Å². The van der Waals surface area contributed by atoms with Crippen molar-refractivity contribution >= 4 is 15.9 Å². The zero-order valence-electron chi connectivity index (χ0n) is 11.2. The summed E-state index contributed by atoms with van der Waals surface area (Å²) < 4.78 is 3.15. The standard InChI is InChI=1S/C13H22BrN3O/c1-3-17-11(12(14)10(2)16-17)8-15-9-13(4-5-13)6-7-18/h15,18H,3-9H2,1-2H3. The van der Waals surface area contributed by atoms with Crippen molar-refractivity contribution in [1.82, 2.24) is 15.1 Å². The molecule has 2 rings (SSSR count). The summed E-state index contributed by atoms with van der Waals surface area (Å²) in [5.74, 6) is 0. The molecule has 102 valence electrons. The molecule has 1 aliphatic carbocycles. The number of nitrogens with zero attached hydrogens (tertiary/aromatic N) is 2. The van der Waals surface area contributed by atoms with Crippen molar-refractivity contribution in [3.63, 3.8) is 0 Å². The predicted molar refractivity (Wildman–Crippen MR) is 75.4 cm³/mol. The second-order valence-electron chi connectivity index (χ2n) is 5.24. The largest absolute Gasteiger partial charge is 0.396 e. The van der Waals surface area contributed by atoms with Gasteiger partial charge in [0.15, 0.2) is 0 Å². The van der Waals surface area contributed by atoms with Gasteiger partial charge >= 0.3 is 0 Å². The Morgan fingerprint density at radius 2 is 2.22 bits per heavy atom. The Morgan fingerprint density at radius 3 is 2.78 bits per heavy atom. The van der Waals surface area contributed by atoms with Gasteiger partial charge in [-0.2, -0.15) is 5.10 Å². The van der Waals surface area contributed by atoms with E-state index in [9.17, 15) is 0 Å². The van der Waals surface area contributed by atoms with E-state index >= 15 is 0 Å². The number of halogens is 1. The molecule has 1 aromatic heterocycles. The van der Waals surface area contributed by atoms with Gasteiger partial charge in [0.2, 0.25) is 0 Å². The third kappa shape index (κ3) is 2.95. The Bertz CT molecular complexity index is 413. The normalized spacial score (nSPS) is 17.1. The first-order chi connectivity index (χ1) is 8.62. The molecule has 5 heteroatoms. The highest BCUT2D eigenvalue weighted by atomic mass is 79.9. The first-order valence-corrected chi connectivity index (χ1v) is 7.44. The van der Waals surface area contributed by atoms with Crippen LogP contribution in [-0.2, 0) is 13.1 Å². The van der Waals surface area contributed by atoms with Gasteiger partial charge in [-0.05, 0) is 54.5 Å². The molecule has 1 aliphatic rings. The maximum Gasteiger partial charge on any atom is 0.0739 e. The van der Waals surface area contributed by atoms with Gasteiger partial charge in [-0.1, -0.05) is 0 Å². The molecule has 2 N–H and O–H groups in total. The average molecular weight is 316 g/mol. The van der Waals surface area contributed by atoms with Crippen LogP contribution in [0.4, 0.5) is 0 Å². The highest BCUT2D eigenvalue weighted by Crippen LogP contribution is 2.47. The van der Waals surface area contributed by atoms with Crippen molar-refractivity contribution in [2.75, 3.05) is 13.2 Å². The molecule has 18 heavy (non-hydrogen) atoms. The molecule has 0 spiro atoms. The number of aliphatic hydroxyl groups excluding tert-OH is 1. The Kier molecular flexibility index (Phi) is 4.45. The van der Waals surface area contributed by atoms with Crippen molar-refractivity contribution < 1.29 is 5.11 Å². The van der Waals surface area contributed by atoms with Gasteiger partial charge in [0, 0.05) is 26.2 Å². The summed E-state index contributed by atoms with van der Waals surface area (Å²) in [5.41, 5.74) is 2.63. The number of aromatic nitrogens is 2. The predicted octanol–water partition coefficient (Wildman–Crippen LogP) is 2.23. The van der Waals surface area contributed by atoms with Crippen LogP contribution >= 0.6 is 15.9 Å². The van der Waals surface area contributed by atoms with E-state index in [0.29, 0.717) is 12.0 Å². The van der Waals surface area contributed by atoms with Crippen LogP contribution in [0.25, 0.3) is 0 Å². The van der Waals surface area contributed by atoms with Crippen LogP contribution in [0.3, 0.4) is 0 Å². The number of aryl methyl sites for hydroxylation is 2. The van der Waals surface area contributed by atoms with E-state index in [4.69, 9.17) is 5.11 Å². The second-order valence-corrected chi connectivity index (χ2v) is 6.03. The molecule has 1 heterocycles. The smallest absolute Gasteiger partial charge is 0.0739 e. The van der Waals surface area contributed by atoms with E-state index in [2.05, 4.69) is 33.3 Å². The lowest BCUT2D eigenvalue weighted by molar-refractivity contribution is 0.245. The Hall–Kier alpha value is -0.390. The maximum absolute atomic E-state index is 9.04. The monoisotopic (exact) mass is 315 g/mol. The summed E-state index contributed by atoms with van der Waals surface area (Å²) in [6, 6.07) is 0. The molecular formula is C13H22BrN3O. The van der Waals surface area contributed by atoms with E-state index in [0.717, 1.165) is 36.2 Å². The zero-order chi connectivity index (χ0) is 13.2. The van der Waals surface area contributed by atoms with Crippen LogP contribution in [-0.4, -0.2) is 28.0 Å². The van der Waals surface area contributed by atoms with Crippen LogP contribution in [0, 0.1) is 12.3 Å². The molecule has 0 aliphatic heterocycles. The fourth-order valence-electron chi connectivity index (χ4n) is 2.41. The lowest BCUT2D eigenvalue weighted by atomic mass is 10.0. The Morgan fingerprint density at radius 1 is 1.50 bits per heavy atom. The highest BCUT2D eigenvalue weighted by molar-refractivity contribution is 9.10. The molecule has 0 atom stereocenters. The second kappa shape index (κ2) is 5.72. The number of hydrogen-bond donors (Lipinski definition) is 2. The van der Waals surface area contributed by atoms with Crippen LogP contribution in [0.15, 0.2) is 4.47 Å². The van der Waals surface area contributed by atoms with Crippen molar-refractivity contribution in [1.29, 1.82) is 0 Å². The highest BCUT2D eigenvalue weighted by Gasteiger charge is 2.41. The lowest BCUT2D eigenvalue weighted by Gasteiger charge is -2.15. The molecule has 0 amide bonds. The van der Waals surface area contributed by atoms with Gasteiger partial charge in [0.25, 0.3) is 0 Å². The van der Waals surface area contributed by atoms with Gasteiger partial charge < -0.3 is 10.4 Å². The van der Waals surface area contributed by atoms with Gasteiger partial charge in [-0.3, -0.25) is 4.68 Å². The molecule has 1 saturated carbocycles. The first-order valence-electron chi connectivity index (χ1n) is 6.65. The van der Waals surface area contributed by atoms with E-state index in [1.54, 1.807) is 0 Å². The molecular weight excluding hydrogens is 294 g/mol. The molecule has 4 nitrogen and oxygen atoms in total. The molecule has 0 saturated heterocycles. The maximum atomic E-state index is 9.04. The zero-order valence-corrected chi connectivity index (χ0v) is 12.8. The van der Waals surface area contributed by atoms with Crippen LogP contribution in [0.5, 0.6) is 0 Å². The minimum atomic E-state index is 0.303. The first kappa shape index (κ1) is 14.0. The summed E-state index contributed by atoms with van der Waals surface area (Å²) in [5, 5.41) is 17.0. The molecule has 0 unspecified atom stereocenters. The molecule has 0 bridgehead atoms. The van der Waals surface area contributed by atoms with Crippen LogP contribution in [0.1, 0.15) is 37.6 Å². The number of aliphatic hydroxyl groups is 1. The van der Waals surface area contributed by atoms with Crippen molar-refractivity contribution in [2.45, 2.75) is 46.2 Å². The fraction of sp³-hybridized carbons (Fsp3) is 0.769. The summed E-state index contributed by atoms with van der Waals surface area (Å²) in [7, 11) is 0. The quantitative estimate of drug-likeness (QED) is 0.811. The number of nitrogens with one attached hydrogen (secondary N) is 1. The summed E-state index contributed by atoms with van der Waals surface area (Å²) in [4.78, 5) is 0. The average Bonchev–Trinajstić information content (AvgIpc) is 3.06. The lowest BCUT2D eigenvalue weighted by Crippen LogP contribution is -2.25. The van der Waals surface area contributed by atoms with E-state index in [1.807, 2.05) is 11.6 Å². The summed E-state index contributed by atoms with van der Waals surface area (Å²) in [6.07, 6.45) is 3.41.